The lowest BCUT2D eigenvalue weighted by Crippen LogP contribution is -2.39. The fourth-order valence-corrected chi connectivity index (χ4v) is 6.17. The molecule has 1 aliphatic heterocycles. The summed E-state index contributed by atoms with van der Waals surface area (Å²) in [5, 5.41) is 33.3. The van der Waals surface area contributed by atoms with E-state index in [-0.39, 0.29) is 18.0 Å². The number of fused-ring (bicyclic) bond motifs is 1. The normalized spacial score (nSPS) is 20.0. The zero-order valence-electron chi connectivity index (χ0n) is 24.3. The summed E-state index contributed by atoms with van der Waals surface area (Å²) in [7, 11) is 0. The van der Waals surface area contributed by atoms with Crippen molar-refractivity contribution in [2.75, 3.05) is 6.61 Å². The summed E-state index contributed by atoms with van der Waals surface area (Å²) in [4.78, 5) is 12.9. The van der Waals surface area contributed by atoms with E-state index >= 15 is 0 Å². The van der Waals surface area contributed by atoms with Crippen LogP contribution < -0.4 is 0 Å². The molecule has 0 amide bonds. The Hall–Kier alpha value is -4.93. The number of aliphatic hydroxyl groups is 2. The molecule has 0 radical (unpaired) electrons. The van der Waals surface area contributed by atoms with Crippen LogP contribution in [0, 0.1) is 0 Å². The number of aromatic hydroxyl groups is 1. The largest absolute Gasteiger partial charge is 0.492 e. The van der Waals surface area contributed by atoms with Crippen molar-refractivity contribution in [3.05, 3.63) is 156 Å². The third kappa shape index (κ3) is 5.26. The highest BCUT2D eigenvalue weighted by atomic mass is 16.6. The Balaban J connectivity index is 1.26. The van der Waals surface area contributed by atoms with Gasteiger partial charge < -0.3 is 24.8 Å². The lowest BCUT2D eigenvalue weighted by molar-refractivity contribution is -0.0946. The summed E-state index contributed by atoms with van der Waals surface area (Å²) in [5.74, 6) is 0.219. The molecule has 4 atom stereocenters. The maximum atomic E-state index is 11.4. The molecule has 0 aliphatic carbocycles. The van der Waals surface area contributed by atoms with Crippen molar-refractivity contribution in [3.8, 4) is 5.88 Å². The van der Waals surface area contributed by atoms with Gasteiger partial charge in [-0.25, -0.2) is 9.97 Å². The van der Waals surface area contributed by atoms with E-state index in [0.29, 0.717) is 17.9 Å². The van der Waals surface area contributed by atoms with Crippen molar-refractivity contribution in [3.63, 3.8) is 0 Å². The van der Waals surface area contributed by atoms with Crippen LogP contribution in [-0.2, 0) is 21.5 Å². The van der Waals surface area contributed by atoms with Crippen LogP contribution in [0.2, 0.25) is 0 Å². The molecular formula is C36H32N4O5. The Morgan fingerprint density at radius 2 is 1.24 bits per heavy atom. The minimum Gasteiger partial charge on any atom is -0.492 e. The van der Waals surface area contributed by atoms with E-state index in [1.165, 1.54) is 6.33 Å². The highest BCUT2D eigenvalue weighted by Crippen LogP contribution is 2.42. The number of imidazole rings is 1. The molecule has 1 aliphatic rings. The van der Waals surface area contributed by atoms with Gasteiger partial charge in [0.2, 0.25) is 5.88 Å². The Bertz CT molecular complexity index is 1770. The molecule has 45 heavy (non-hydrogen) atoms. The fraction of sp³-hybridized carbons (Fsp3) is 0.194. The fourth-order valence-electron chi connectivity index (χ4n) is 6.17. The van der Waals surface area contributed by atoms with Crippen LogP contribution in [0.5, 0.6) is 5.88 Å². The van der Waals surface area contributed by atoms with Gasteiger partial charge in [-0.05, 0) is 22.3 Å². The number of rotatable bonds is 9. The minimum absolute atomic E-state index is 0.0473. The standard InChI is InChI=1S/C36H32N4O5/c41-31-28(22-44-36(25-15-7-2-8-16-25,26-17-9-3-10-18-26)27-19-11-4-12-20-27)45-35(32(31)42)40-29(21-24-13-5-1-6-14-24)39-30-33(40)37-23-38-34(30)43/h1-20,23,28,31-32,35,41-42H,21-22H2,(H,37,38,43)/t28-,31-,32-,35-/m1/s1. The number of ether oxygens (including phenoxy) is 2. The third-order valence-electron chi connectivity index (χ3n) is 8.33. The smallest absolute Gasteiger partial charge is 0.242 e. The van der Waals surface area contributed by atoms with Gasteiger partial charge in [0.1, 0.15) is 36.1 Å². The van der Waals surface area contributed by atoms with Crippen molar-refractivity contribution in [2.45, 2.75) is 36.6 Å². The summed E-state index contributed by atoms with van der Waals surface area (Å²) in [6.45, 7) is -0.0473. The Morgan fingerprint density at radius 3 is 1.80 bits per heavy atom. The number of hydrogen-bond acceptors (Lipinski definition) is 8. The van der Waals surface area contributed by atoms with Crippen LogP contribution in [0.25, 0.3) is 11.2 Å². The van der Waals surface area contributed by atoms with Crippen LogP contribution >= 0.6 is 0 Å². The minimum atomic E-state index is -1.33. The number of benzene rings is 4. The first-order valence-electron chi connectivity index (χ1n) is 14.8. The summed E-state index contributed by atoms with van der Waals surface area (Å²) in [5.41, 5.74) is 3.13. The highest BCUT2D eigenvalue weighted by molar-refractivity contribution is 5.76. The molecule has 0 saturated carbocycles. The summed E-state index contributed by atoms with van der Waals surface area (Å²) < 4.78 is 15.0. The summed E-state index contributed by atoms with van der Waals surface area (Å²) in [6.07, 6.45) is -2.97. The van der Waals surface area contributed by atoms with Crippen molar-refractivity contribution in [1.82, 2.24) is 19.5 Å². The molecule has 9 nitrogen and oxygen atoms in total. The number of aromatic nitrogens is 4. The number of hydrogen-bond donors (Lipinski definition) is 3. The molecule has 3 N–H and O–H groups in total. The second kappa shape index (κ2) is 12.2. The van der Waals surface area contributed by atoms with Gasteiger partial charge >= 0.3 is 0 Å². The summed E-state index contributed by atoms with van der Waals surface area (Å²) in [6, 6.07) is 39.5. The van der Waals surface area contributed by atoms with Crippen LogP contribution in [0.4, 0.5) is 0 Å². The van der Waals surface area contributed by atoms with Gasteiger partial charge in [0.25, 0.3) is 0 Å². The Labute approximate surface area is 260 Å². The average Bonchev–Trinajstić information content (AvgIpc) is 3.59. The van der Waals surface area contributed by atoms with Crippen LogP contribution in [0.3, 0.4) is 0 Å². The quantitative estimate of drug-likeness (QED) is 0.203. The van der Waals surface area contributed by atoms with Gasteiger partial charge in [-0.1, -0.05) is 121 Å². The molecule has 7 rings (SSSR count). The molecule has 3 heterocycles. The molecule has 4 aromatic carbocycles. The van der Waals surface area contributed by atoms with Crippen LogP contribution in [0.15, 0.2) is 128 Å². The van der Waals surface area contributed by atoms with Crippen LogP contribution in [-0.4, -0.2) is 59.8 Å². The molecule has 1 fully saturated rings. The number of aliphatic hydroxyl groups excluding tert-OH is 2. The van der Waals surface area contributed by atoms with Crippen molar-refractivity contribution < 1.29 is 24.8 Å². The SMILES string of the molecule is Oc1ncnc2c1nc(Cc1ccccc1)n2[C@@H]1O[C@H](COC(c2ccccc2)(c2ccccc2)c2ccccc2)[C@@H](O)[C@H]1O. The van der Waals surface area contributed by atoms with Crippen molar-refractivity contribution in [1.29, 1.82) is 0 Å². The van der Waals surface area contributed by atoms with Gasteiger partial charge in [-0.15, -0.1) is 0 Å². The zero-order valence-corrected chi connectivity index (χ0v) is 24.3. The lowest BCUT2D eigenvalue weighted by Gasteiger charge is -2.37. The van der Waals surface area contributed by atoms with E-state index in [2.05, 4.69) is 15.0 Å². The first kappa shape index (κ1) is 28.8. The first-order chi connectivity index (χ1) is 22.1. The monoisotopic (exact) mass is 600 g/mol. The van der Waals surface area contributed by atoms with E-state index < -0.39 is 30.1 Å². The zero-order chi connectivity index (χ0) is 30.8. The second-order valence-corrected chi connectivity index (χ2v) is 11.1. The van der Waals surface area contributed by atoms with Gasteiger partial charge in [0, 0.05) is 6.42 Å². The highest BCUT2D eigenvalue weighted by Gasteiger charge is 2.47. The molecule has 2 aromatic heterocycles. The predicted octanol–water partition coefficient (Wildman–Crippen LogP) is 4.75. The molecule has 6 aromatic rings. The third-order valence-corrected chi connectivity index (χ3v) is 8.33. The van der Waals surface area contributed by atoms with E-state index in [1.54, 1.807) is 4.57 Å². The number of nitrogens with zero attached hydrogens (tertiary/aromatic N) is 4. The van der Waals surface area contributed by atoms with E-state index in [4.69, 9.17) is 9.47 Å². The van der Waals surface area contributed by atoms with Gasteiger partial charge in [-0.2, -0.15) is 4.98 Å². The molecule has 0 unspecified atom stereocenters. The molecule has 1 saturated heterocycles. The van der Waals surface area contributed by atoms with Gasteiger partial charge in [0.15, 0.2) is 17.4 Å². The molecule has 226 valence electrons. The van der Waals surface area contributed by atoms with Crippen molar-refractivity contribution >= 4 is 11.2 Å². The molecule has 0 spiro atoms. The Kier molecular flexibility index (Phi) is 7.83. The maximum Gasteiger partial charge on any atom is 0.242 e. The van der Waals surface area contributed by atoms with E-state index in [1.807, 2.05) is 121 Å². The molecule has 9 heteroatoms. The average molecular weight is 601 g/mol. The molecular weight excluding hydrogens is 568 g/mol. The van der Waals surface area contributed by atoms with Crippen LogP contribution in [0.1, 0.15) is 34.3 Å². The Morgan fingerprint density at radius 1 is 0.711 bits per heavy atom. The van der Waals surface area contributed by atoms with Gasteiger partial charge in [-0.3, -0.25) is 4.57 Å². The van der Waals surface area contributed by atoms with E-state index in [0.717, 1.165) is 22.3 Å². The van der Waals surface area contributed by atoms with Gasteiger partial charge in [0.05, 0.1) is 6.61 Å². The predicted molar refractivity (Wildman–Crippen MR) is 167 cm³/mol. The first-order valence-corrected chi connectivity index (χ1v) is 14.8. The summed E-state index contributed by atoms with van der Waals surface area (Å²) >= 11 is 0. The maximum absolute atomic E-state index is 11.4. The topological polar surface area (TPSA) is 123 Å². The lowest BCUT2D eigenvalue weighted by atomic mass is 9.80. The van der Waals surface area contributed by atoms with E-state index in [9.17, 15) is 15.3 Å². The van der Waals surface area contributed by atoms with Crippen molar-refractivity contribution in [2.24, 2.45) is 0 Å². The molecule has 0 bridgehead atoms. The second-order valence-electron chi connectivity index (χ2n) is 11.1.